The molecule has 18 heavy (non-hydrogen) atoms. The van der Waals surface area contributed by atoms with Gasteiger partial charge in [0.15, 0.2) is 5.88 Å². The normalized spacial score (nSPS) is 10.0. The van der Waals surface area contributed by atoms with Crippen molar-refractivity contribution in [2.75, 3.05) is 11.1 Å². The molecule has 0 saturated carbocycles. The molecule has 0 spiro atoms. The molecule has 2 aromatic rings. The van der Waals surface area contributed by atoms with E-state index in [2.05, 4.69) is 11.9 Å². The van der Waals surface area contributed by atoms with Crippen LogP contribution in [0.4, 0.5) is 11.4 Å². The topological polar surface area (TPSA) is 58.3 Å². The molecular weight excluding hydrogens is 224 g/mol. The summed E-state index contributed by atoms with van der Waals surface area (Å²) in [5, 5.41) is 11.8. The molecule has 3 heteroatoms. The molecule has 0 aliphatic carbocycles. The second-order valence-corrected chi connectivity index (χ2v) is 4.19. The van der Waals surface area contributed by atoms with Gasteiger partial charge in [0.1, 0.15) is 0 Å². The number of aliphatic hydroxyl groups is 1. The van der Waals surface area contributed by atoms with Crippen molar-refractivity contribution < 1.29 is 5.11 Å². The van der Waals surface area contributed by atoms with E-state index in [0.717, 1.165) is 17.8 Å². The minimum Gasteiger partial charge on any atom is -0.495 e. The van der Waals surface area contributed by atoms with Crippen LogP contribution in [0.5, 0.6) is 0 Å². The lowest BCUT2D eigenvalue weighted by atomic mass is 10.0. The zero-order chi connectivity index (χ0) is 13.0. The number of nitrogen functional groups attached to an aromatic ring is 1. The van der Waals surface area contributed by atoms with Gasteiger partial charge in [-0.2, -0.15) is 0 Å². The SMILES string of the molecule is C=C(O)Nc1ccc(Cc2ccc(N)cc2)cc1. The third-order valence-electron chi connectivity index (χ3n) is 2.63. The van der Waals surface area contributed by atoms with Crippen LogP contribution in [0.3, 0.4) is 0 Å². The summed E-state index contributed by atoms with van der Waals surface area (Å²) >= 11 is 0. The minimum absolute atomic E-state index is 0.0544. The summed E-state index contributed by atoms with van der Waals surface area (Å²) in [7, 11) is 0. The van der Waals surface area contributed by atoms with Crippen molar-refractivity contribution in [3.8, 4) is 0 Å². The number of hydrogen-bond donors (Lipinski definition) is 3. The highest BCUT2D eigenvalue weighted by Gasteiger charge is 1.98. The summed E-state index contributed by atoms with van der Waals surface area (Å²) in [6.07, 6.45) is 0.862. The maximum atomic E-state index is 9.02. The van der Waals surface area contributed by atoms with Gasteiger partial charge in [-0.1, -0.05) is 24.3 Å². The van der Waals surface area contributed by atoms with E-state index in [1.807, 2.05) is 48.5 Å². The van der Waals surface area contributed by atoms with Gasteiger partial charge in [0.05, 0.1) is 0 Å². The van der Waals surface area contributed by atoms with E-state index in [9.17, 15) is 0 Å². The molecular formula is C15H16N2O. The van der Waals surface area contributed by atoms with Gasteiger partial charge in [-0.3, -0.25) is 0 Å². The second-order valence-electron chi connectivity index (χ2n) is 4.19. The Kier molecular flexibility index (Phi) is 3.53. The van der Waals surface area contributed by atoms with Gasteiger partial charge in [0.2, 0.25) is 0 Å². The van der Waals surface area contributed by atoms with Crippen molar-refractivity contribution in [1.29, 1.82) is 0 Å². The molecule has 0 bridgehead atoms. The molecule has 2 rings (SSSR count). The predicted octanol–water partition coefficient (Wildman–Crippen LogP) is 3.30. The van der Waals surface area contributed by atoms with E-state index in [1.165, 1.54) is 11.1 Å². The highest BCUT2D eigenvalue weighted by molar-refractivity contribution is 5.48. The molecule has 0 saturated heterocycles. The van der Waals surface area contributed by atoms with Crippen LogP contribution in [-0.4, -0.2) is 5.11 Å². The van der Waals surface area contributed by atoms with Crippen LogP contribution in [-0.2, 0) is 6.42 Å². The monoisotopic (exact) mass is 240 g/mol. The van der Waals surface area contributed by atoms with Crippen molar-refractivity contribution in [2.45, 2.75) is 6.42 Å². The second kappa shape index (κ2) is 5.27. The lowest BCUT2D eigenvalue weighted by Gasteiger charge is -2.06. The van der Waals surface area contributed by atoms with Crippen LogP contribution in [0, 0.1) is 0 Å². The van der Waals surface area contributed by atoms with Gasteiger partial charge in [-0.05, 0) is 48.4 Å². The molecule has 0 aromatic heterocycles. The maximum absolute atomic E-state index is 9.02. The van der Waals surface area contributed by atoms with Crippen molar-refractivity contribution in [3.63, 3.8) is 0 Å². The zero-order valence-electron chi connectivity index (χ0n) is 10.1. The van der Waals surface area contributed by atoms with Crippen LogP contribution in [0.15, 0.2) is 61.0 Å². The summed E-state index contributed by atoms with van der Waals surface area (Å²) < 4.78 is 0. The van der Waals surface area contributed by atoms with E-state index in [-0.39, 0.29) is 5.88 Å². The first-order valence-corrected chi connectivity index (χ1v) is 5.72. The Labute approximate surface area is 107 Å². The molecule has 3 nitrogen and oxygen atoms in total. The fraction of sp³-hybridized carbons (Fsp3) is 0.0667. The minimum atomic E-state index is -0.0544. The van der Waals surface area contributed by atoms with Crippen LogP contribution >= 0.6 is 0 Å². The summed E-state index contributed by atoms with van der Waals surface area (Å²) in [6.45, 7) is 3.38. The fourth-order valence-corrected chi connectivity index (χ4v) is 1.74. The third-order valence-corrected chi connectivity index (χ3v) is 2.63. The molecule has 2 aromatic carbocycles. The van der Waals surface area contributed by atoms with Crippen LogP contribution in [0.2, 0.25) is 0 Å². The molecule has 4 N–H and O–H groups in total. The van der Waals surface area contributed by atoms with E-state index in [0.29, 0.717) is 0 Å². The summed E-state index contributed by atoms with van der Waals surface area (Å²) in [4.78, 5) is 0. The third kappa shape index (κ3) is 3.28. The molecule has 0 aliphatic heterocycles. The summed E-state index contributed by atoms with van der Waals surface area (Å²) in [6, 6.07) is 15.7. The number of nitrogens with one attached hydrogen (secondary N) is 1. The lowest BCUT2D eigenvalue weighted by molar-refractivity contribution is 0.422. The van der Waals surface area contributed by atoms with Crippen molar-refractivity contribution >= 4 is 11.4 Å². The number of anilines is 2. The molecule has 0 radical (unpaired) electrons. The average Bonchev–Trinajstić information content (AvgIpc) is 2.34. The number of benzene rings is 2. The summed E-state index contributed by atoms with van der Waals surface area (Å²) in [5.74, 6) is -0.0544. The standard InChI is InChI=1S/C15H16N2O/c1-11(18)17-15-8-4-13(5-9-15)10-12-2-6-14(16)7-3-12/h2-9,17-18H,1,10,16H2. The van der Waals surface area contributed by atoms with Crippen molar-refractivity contribution in [2.24, 2.45) is 0 Å². The first kappa shape index (κ1) is 12.0. The van der Waals surface area contributed by atoms with E-state index >= 15 is 0 Å². The highest BCUT2D eigenvalue weighted by atomic mass is 16.3. The Morgan fingerprint density at radius 1 is 1.00 bits per heavy atom. The van der Waals surface area contributed by atoms with Crippen molar-refractivity contribution in [3.05, 3.63) is 72.1 Å². The number of hydrogen-bond acceptors (Lipinski definition) is 3. The fourth-order valence-electron chi connectivity index (χ4n) is 1.74. The maximum Gasteiger partial charge on any atom is 0.181 e. The highest BCUT2D eigenvalue weighted by Crippen LogP contribution is 2.15. The number of aliphatic hydroxyl groups excluding tert-OH is 1. The Morgan fingerprint density at radius 2 is 1.50 bits per heavy atom. The van der Waals surface area contributed by atoms with E-state index in [1.54, 1.807) is 0 Å². The molecule has 0 fully saturated rings. The van der Waals surface area contributed by atoms with Gasteiger partial charge in [0, 0.05) is 11.4 Å². The molecule has 0 aliphatic rings. The smallest absolute Gasteiger partial charge is 0.181 e. The van der Waals surface area contributed by atoms with Crippen LogP contribution < -0.4 is 11.1 Å². The van der Waals surface area contributed by atoms with Crippen molar-refractivity contribution in [1.82, 2.24) is 0 Å². The molecule has 0 heterocycles. The van der Waals surface area contributed by atoms with Gasteiger partial charge in [-0.15, -0.1) is 0 Å². The van der Waals surface area contributed by atoms with Crippen LogP contribution in [0.25, 0.3) is 0 Å². The quantitative estimate of drug-likeness (QED) is 0.567. The van der Waals surface area contributed by atoms with Gasteiger partial charge in [-0.25, -0.2) is 0 Å². The predicted molar refractivity (Wildman–Crippen MR) is 75.5 cm³/mol. The Hall–Kier alpha value is -2.42. The van der Waals surface area contributed by atoms with Crippen LogP contribution in [0.1, 0.15) is 11.1 Å². The zero-order valence-corrected chi connectivity index (χ0v) is 10.1. The van der Waals surface area contributed by atoms with E-state index < -0.39 is 0 Å². The molecule has 0 atom stereocenters. The molecule has 0 amide bonds. The van der Waals surface area contributed by atoms with E-state index in [4.69, 9.17) is 10.8 Å². The first-order chi connectivity index (χ1) is 8.63. The average molecular weight is 240 g/mol. The summed E-state index contributed by atoms with van der Waals surface area (Å²) in [5.41, 5.74) is 9.67. The number of rotatable bonds is 4. The van der Waals surface area contributed by atoms with Gasteiger partial charge in [0.25, 0.3) is 0 Å². The van der Waals surface area contributed by atoms with Gasteiger partial charge >= 0.3 is 0 Å². The molecule has 0 unspecified atom stereocenters. The Bertz CT molecular complexity index is 529. The lowest BCUT2D eigenvalue weighted by Crippen LogP contribution is -1.96. The molecule has 92 valence electrons. The largest absolute Gasteiger partial charge is 0.495 e. The Morgan fingerprint density at radius 3 is 2.00 bits per heavy atom. The Balaban J connectivity index is 2.06. The number of nitrogens with two attached hydrogens (primary N) is 1. The van der Waals surface area contributed by atoms with Gasteiger partial charge < -0.3 is 16.2 Å². The first-order valence-electron chi connectivity index (χ1n) is 5.72.